The summed E-state index contributed by atoms with van der Waals surface area (Å²) in [5.41, 5.74) is 0. The van der Waals surface area contributed by atoms with Gasteiger partial charge in [-0.1, -0.05) is 26.7 Å². The SMILES string of the molecule is C[C@@H]1[C@H](C)CCC[C@@H]1NC(=O)[C@@H]1CCC(=O)N1. The molecule has 2 N–H and O–H groups in total. The van der Waals surface area contributed by atoms with Gasteiger partial charge in [0.2, 0.25) is 11.8 Å². The van der Waals surface area contributed by atoms with Crippen molar-refractivity contribution in [3.05, 3.63) is 0 Å². The molecule has 96 valence electrons. The second kappa shape index (κ2) is 5.07. The second-order valence-corrected chi connectivity index (χ2v) is 5.54. The fourth-order valence-electron chi connectivity index (χ4n) is 2.88. The maximum absolute atomic E-state index is 12.0. The molecule has 0 aromatic carbocycles. The van der Waals surface area contributed by atoms with Crippen LogP contribution in [0.3, 0.4) is 0 Å². The van der Waals surface area contributed by atoms with Gasteiger partial charge < -0.3 is 10.6 Å². The molecule has 0 spiro atoms. The summed E-state index contributed by atoms with van der Waals surface area (Å²) < 4.78 is 0. The molecule has 4 heteroatoms. The van der Waals surface area contributed by atoms with Crippen LogP contribution in [0.2, 0.25) is 0 Å². The minimum Gasteiger partial charge on any atom is -0.351 e. The Balaban J connectivity index is 1.87. The van der Waals surface area contributed by atoms with Crippen molar-refractivity contribution in [2.75, 3.05) is 0 Å². The van der Waals surface area contributed by atoms with Crippen molar-refractivity contribution in [1.82, 2.24) is 10.6 Å². The molecule has 2 rings (SSSR count). The molecular formula is C13H22N2O2. The summed E-state index contributed by atoms with van der Waals surface area (Å²) in [5.74, 6) is 1.20. The first kappa shape index (κ1) is 12.4. The lowest BCUT2D eigenvalue weighted by Gasteiger charge is -2.35. The minimum atomic E-state index is -0.299. The third-order valence-corrected chi connectivity index (χ3v) is 4.35. The minimum absolute atomic E-state index is 0.00167. The zero-order valence-electron chi connectivity index (χ0n) is 10.7. The monoisotopic (exact) mass is 238 g/mol. The van der Waals surface area contributed by atoms with E-state index in [1.807, 2.05) is 0 Å². The van der Waals surface area contributed by atoms with Gasteiger partial charge in [0, 0.05) is 12.5 Å². The molecule has 4 nitrogen and oxygen atoms in total. The number of carbonyl (C=O) groups is 2. The number of nitrogens with one attached hydrogen (secondary N) is 2. The highest BCUT2D eigenvalue weighted by Gasteiger charge is 2.32. The standard InChI is InChI=1S/C13H22N2O2/c1-8-4-3-5-10(9(8)2)15-13(17)11-6-7-12(16)14-11/h8-11H,3-7H2,1-2H3,(H,14,16)(H,15,17)/t8-,9-,10+,11+/m1/s1. The molecule has 0 bridgehead atoms. The lowest BCUT2D eigenvalue weighted by atomic mass is 9.78. The zero-order valence-corrected chi connectivity index (χ0v) is 10.7. The molecule has 4 atom stereocenters. The highest BCUT2D eigenvalue weighted by molar-refractivity contribution is 5.90. The quantitative estimate of drug-likeness (QED) is 0.759. The Morgan fingerprint density at radius 2 is 2.06 bits per heavy atom. The lowest BCUT2D eigenvalue weighted by molar-refractivity contribution is -0.126. The number of rotatable bonds is 2. The van der Waals surface area contributed by atoms with Crippen LogP contribution < -0.4 is 10.6 Å². The molecule has 0 aromatic rings. The predicted octanol–water partition coefficient (Wildman–Crippen LogP) is 1.21. The van der Waals surface area contributed by atoms with Crippen molar-refractivity contribution in [1.29, 1.82) is 0 Å². The van der Waals surface area contributed by atoms with Crippen LogP contribution in [-0.4, -0.2) is 23.9 Å². The molecule has 0 aromatic heterocycles. The molecule has 2 amide bonds. The molecule has 1 heterocycles. The maximum atomic E-state index is 12.0. The molecule has 1 aliphatic carbocycles. The van der Waals surface area contributed by atoms with Crippen LogP contribution in [0.15, 0.2) is 0 Å². The molecule has 1 saturated heterocycles. The van der Waals surface area contributed by atoms with E-state index in [2.05, 4.69) is 24.5 Å². The third-order valence-electron chi connectivity index (χ3n) is 4.35. The summed E-state index contributed by atoms with van der Waals surface area (Å²) in [7, 11) is 0. The van der Waals surface area contributed by atoms with Gasteiger partial charge >= 0.3 is 0 Å². The van der Waals surface area contributed by atoms with Gasteiger partial charge in [0.1, 0.15) is 6.04 Å². The Hall–Kier alpha value is -1.06. The van der Waals surface area contributed by atoms with Crippen LogP contribution in [0.4, 0.5) is 0 Å². The Labute approximate surface area is 103 Å². The van der Waals surface area contributed by atoms with Gasteiger partial charge in [-0.3, -0.25) is 9.59 Å². The molecule has 2 aliphatic rings. The fraction of sp³-hybridized carbons (Fsp3) is 0.846. The van der Waals surface area contributed by atoms with Crippen molar-refractivity contribution in [2.45, 2.75) is 58.0 Å². The van der Waals surface area contributed by atoms with Crippen LogP contribution in [0, 0.1) is 11.8 Å². The number of amides is 2. The predicted molar refractivity (Wildman–Crippen MR) is 65.3 cm³/mol. The van der Waals surface area contributed by atoms with Crippen LogP contribution in [0.1, 0.15) is 46.0 Å². The van der Waals surface area contributed by atoms with Gasteiger partial charge in [-0.2, -0.15) is 0 Å². The Morgan fingerprint density at radius 3 is 2.71 bits per heavy atom. The van der Waals surface area contributed by atoms with E-state index in [9.17, 15) is 9.59 Å². The largest absolute Gasteiger partial charge is 0.351 e. The average molecular weight is 238 g/mol. The first-order valence-corrected chi connectivity index (χ1v) is 6.67. The van der Waals surface area contributed by atoms with E-state index in [1.54, 1.807) is 0 Å². The van der Waals surface area contributed by atoms with Crippen molar-refractivity contribution < 1.29 is 9.59 Å². The zero-order chi connectivity index (χ0) is 12.4. The molecule has 17 heavy (non-hydrogen) atoms. The van der Waals surface area contributed by atoms with Gasteiger partial charge in [-0.25, -0.2) is 0 Å². The van der Waals surface area contributed by atoms with Crippen LogP contribution in [0.5, 0.6) is 0 Å². The van der Waals surface area contributed by atoms with Gasteiger partial charge in [0.25, 0.3) is 0 Å². The summed E-state index contributed by atoms with van der Waals surface area (Å²) in [5, 5.41) is 5.83. The Kier molecular flexibility index (Phi) is 3.69. The Morgan fingerprint density at radius 1 is 1.29 bits per heavy atom. The summed E-state index contributed by atoms with van der Waals surface area (Å²) >= 11 is 0. The van der Waals surface area contributed by atoms with E-state index in [4.69, 9.17) is 0 Å². The lowest BCUT2D eigenvalue weighted by Crippen LogP contribution is -2.50. The first-order chi connectivity index (χ1) is 8.08. The number of carbonyl (C=O) groups excluding carboxylic acids is 2. The van der Waals surface area contributed by atoms with E-state index in [0.29, 0.717) is 24.7 Å². The summed E-state index contributed by atoms with van der Waals surface area (Å²) in [6, 6.07) is -0.0179. The average Bonchev–Trinajstić information content (AvgIpc) is 2.72. The smallest absolute Gasteiger partial charge is 0.242 e. The molecule has 0 unspecified atom stereocenters. The molecule has 1 saturated carbocycles. The number of hydrogen-bond donors (Lipinski definition) is 2. The molecule has 2 fully saturated rings. The first-order valence-electron chi connectivity index (χ1n) is 6.67. The number of hydrogen-bond acceptors (Lipinski definition) is 2. The highest BCUT2D eigenvalue weighted by atomic mass is 16.2. The molecule has 0 radical (unpaired) electrons. The van der Waals surface area contributed by atoms with Crippen molar-refractivity contribution in [2.24, 2.45) is 11.8 Å². The normalized spacial score (nSPS) is 37.6. The van der Waals surface area contributed by atoms with E-state index in [1.165, 1.54) is 12.8 Å². The van der Waals surface area contributed by atoms with Gasteiger partial charge in [0.15, 0.2) is 0 Å². The van der Waals surface area contributed by atoms with E-state index in [0.717, 1.165) is 6.42 Å². The van der Waals surface area contributed by atoms with E-state index in [-0.39, 0.29) is 23.9 Å². The van der Waals surface area contributed by atoms with Crippen molar-refractivity contribution in [3.63, 3.8) is 0 Å². The molecule has 1 aliphatic heterocycles. The van der Waals surface area contributed by atoms with Crippen LogP contribution in [0.25, 0.3) is 0 Å². The maximum Gasteiger partial charge on any atom is 0.242 e. The third kappa shape index (κ3) is 2.79. The van der Waals surface area contributed by atoms with E-state index >= 15 is 0 Å². The Bertz CT molecular complexity index is 317. The fourth-order valence-corrected chi connectivity index (χ4v) is 2.88. The topological polar surface area (TPSA) is 58.2 Å². The summed E-state index contributed by atoms with van der Waals surface area (Å²) in [6.45, 7) is 4.46. The van der Waals surface area contributed by atoms with Crippen molar-refractivity contribution in [3.8, 4) is 0 Å². The van der Waals surface area contributed by atoms with Gasteiger partial charge in [-0.05, 0) is 24.7 Å². The molecular weight excluding hydrogens is 216 g/mol. The van der Waals surface area contributed by atoms with Crippen molar-refractivity contribution >= 4 is 11.8 Å². The van der Waals surface area contributed by atoms with Crippen LogP contribution in [-0.2, 0) is 9.59 Å². The van der Waals surface area contributed by atoms with Crippen LogP contribution >= 0.6 is 0 Å². The highest BCUT2D eigenvalue weighted by Crippen LogP contribution is 2.29. The summed E-state index contributed by atoms with van der Waals surface area (Å²) in [6.07, 6.45) is 4.63. The van der Waals surface area contributed by atoms with Gasteiger partial charge in [0.05, 0.1) is 0 Å². The van der Waals surface area contributed by atoms with Gasteiger partial charge in [-0.15, -0.1) is 0 Å². The van der Waals surface area contributed by atoms with E-state index < -0.39 is 0 Å². The second-order valence-electron chi connectivity index (χ2n) is 5.54. The summed E-state index contributed by atoms with van der Waals surface area (Å²) in [4.78, 5) is 23.1.